The van der Waals surface area contributed by atoms with Crippen LogP contribution in [-0.2, 0) is 52.6 Å². The zero-order valence-corrected chi connectivity index (χ0v) is 20.0. The Labute approximate surface area is 213 Å². The number of carboxylic acid groups (broad SMARTS) is 2. The van der Waals surface area contributed by atoms with Crippen molar-refractivity contribution in [2.75, 3.05) is 0 Å². The number of nitrogens with zero attached hydrogens (tertiary/aromatic N) is 2. The molecule has 0 radical (unpaired) electrons. The molecule has 0 aliphatic carbocycles. The Morgan fingerprint density at radius 1 is 0.771 bits per heavy atom. The first-order chi connectivity index (χ1) is 16.5. The summed E-state index contributed by atoms with van der Waals surface area (Å²) in [7, 11) is 0. The molecule has 0 saturated heterocycles. The monoisotopic (exact) mass is 520 g/mol. The molecule has 2 aromatic heterocycles. The third-order valence-electron chi connectivity index (χ3n) is 5.07. The van der Waals surface area contributed by atoms with Crippen molar-refractivity contribution in [3.05, 3.63) is 96.1 Å². The zero-order chi connectivity index (χ0) is 24.2. The zero-order valence-electron chi connectivity index (χ0n) is 18.9. The van der Waals surface area contributed by atoms with Crippen molar-refractivity contribution in [2.24, 2.45) is 0 Å². The van der Waals surface area contributed by atoms with Gasteiger partial charge in [0.25, 0.3) is 0 Å². The van der Waals surface area contributed by atoms with Gasteiger partial charge < -0.3 is 30.8 Å². The third kappa shape index (κ3) is 9.71. The minimum absolute atomic E-state index is 0. The van der Waals surface area contributed by atoms with Crippen molar-refractivity contribution in [1.82, 2.24) is 30.6 Å². The summed E-state index contributed by atoms with van der Waals surface area (Å²) in [5, 5.41) is 24.2. The molecule has 0 aliphatic heterocycles. The second-order valence-corrected chi connectivity index (χ2v) is 7.61. The number of hydrogen-bond acceptors (Lipinski definition) is 6. The summed E-state index contributed by atoms with van der Waals surface area (Å²) in [6, 6.07) is 14.3. The molecule has 186 valence electrons. The third-order valence-corrected chi connectivity index (χ3v) is 5.07. The molecule has 11 heteroatoms. The predicted molar refractivity (Wildman–Crippen MR) is 125 cm³/mol. The van der Waals surface area contributed by atoms with Crippen molar-refractivity contribution in [3.8, 4) is 0 Å². The van der Waals surface area contributed by atoms with Gasteiger partial charge in [0.1, 0.15) is 23.7 Å². The minimum atomic E-state index is -0.868. The van der Waals surface area contributed by atoms with E-state index >= 15 is 0 Å². The van der Waals surface area contributed by atoms with Crippen LogP contribution < -0.4 is 10.6 Å². The molecule has 0 unspecified atom stereocenters. The summed E-state index contributed by atoms with van der Waals surface area (Å²) >= 11 is 0. The van der Waals surface area contributed by atoms with Gasteiger partial charge in [0.05, 0.1) is 0 Å². The number of H-pyrrole nitrogens is 2. The number of aliphatic carboxylic acids is 2. The molecular formula is C24H28FeN6O4. The summed E-state index contributed by atoms with van der Waals surface area (Å²) in [4.78, 5) is 36.0. The molecule has 0 saturated carbocycles. The summed E-state index contributed by atoms with van der Waals surface area (Å²) in [5.41, 5.74) is 2.16. The van der Waals surface area contributed by atoms with Gasteiger partial charge >= 0.3 is 29.0 Å². The molecule has 10 nitrogen and oxygen atoms in total. The summed E-state index contributed by atoms with van der Waals surface area (Å²) in [5.74, 6) is -0.388. The molecular weight excluding hydrogens is 492 g/mol. The largest absolute Gasteiger partial charge is 2.00 e. The SMILES string of the molecule is O=C(O)[C@H](Cc1ncc[nH]1)NC[c-]1cccc1.O=C(O)[C@H](Cc1ncc[nH]1)NC[c-]1cccc1.[Fe+2]. The average molecular weight is 520 g/mol. The van der Waals surface area contributed by atoms with E-state index < -0.39 is 24.0 Å². The van der Waals surface area contributed by atoms with Gasteiger partial charge in [0.15, 0.2) is 0 Å². The first-order valence-electron chi connectivity index (χ1n) is 10.8. The maximum absolute atomic E-state index is 11.1. The van der Waals surface area contributed by atoms with Crippen LogP contribution >= 0.6 is 0 Å². The van der Waals surface area contributed by atoms with Crippen LogP contribution in [0.25, 0.3) is 0 Å². The average Bonchev–Trinajstić information content (AvgIpc) is 3.63. The Hall–Kier alpha value is -3.50. The van der Waals surface area contributed by atoms with E-state index in [-0.39, 0.29) is 17.1 Å². The number of imidazole rings is 2. The molecule has 0 spiro atoms. The topological polar surface area (TPSA) is 156 Å². The molecule has 0 aliphatic rings. The van der Waals surface area contributed by atoms with Gasteiger partial charge in [0, 0.05) is 37.6 Å². The second kappa shape index (κ2) is 14.7. The second-order valence-electron chi connectivity index (χ2n) is 7.61. The summed E-state index contributed by atoms with van der Waals surface area (Å²) < 4.78 is 0. The van der Waals surface area contributed by atoms with Gasteiger partial charge in [-0.2, -0.15) is 24.3 Å². The van der Waals surface area contributed by atoms with Gasteiger partial charge in [-0.05, 0) is 13.1 Å². The fourth-order valence-electron chi connectivity index (χ4n) is 3.25. The van der Waals surface area contributed by atoms with E-state index in [1.165, 1.54) is 0 Å². The van der Waals surface area contributed by atoms with E-state index in [9.17, 15) is 9.59 Å². The Balaban J connectivity index is 0.000000240. The first-order valence-corrected chi connectivity index (χ1v) is 10.8. The van der Waals surface area contributed by atoms with E-state index in [0.29, 0.717) is 37.6 Å². The van der Waals surface area contributed by atoms with E-state index in [0.717, 1.165) is 11.1 Å². The van der Waals surface area contributed by atoms with Crippen LogP contribution in [0.2, 0.25) is 0 Å². The molecule has 0 fully saturated rings. The van der Waals surface area contributed by atoms with Crippen LogP contribution in [0.4, 0.5) is 0 Å². The quantitative estimate of drug-likeness (QED) is 0.122. The van der Waals surface area contributed by atoms with E-state index in [2.05, 4.69) is 30.6 Å². The molecule has 0 amide bonds. The Kier molecular flexibility index (Phi) is 11.6. The standard InChI is InChI=1S/2C12H14N3O2.Fe/c2*16-12(17)10(7-11-13-5-6-14-11)15-8-9-3-1-2-4-9;/h2*1-6,10,15H,7-8H2,(H,13,14)(H,16,17);/q2*-1;+2/t2*10-;/m00./s1. The Bertz CT molecular complexity index is 991. The van der Waals surface area contributed by atoms with Crippen LogP contribution in [-0.4, -0.2) is 54.2 Å². The summed E-state index contributed by atoms with van der Waals surface area (Å²) in [6.07, 6.45) is 7.31. The smallest absolute Gasteiger partial charge is 0.480 e. The fourth-order valence-corrected chi connectivity index (χ4v) is 3.25. The number of carbonyl (C=O) groups is 2. The van der Waals surface area contributed by atoms with Crippen LogP contribution in [0, 0.1) is 0 Å². The molecule has 35 heavy (non-hydrogen) atoms. The van der Waals surface area contributed by atoms with Crippen molar-refractivity contribution in [3.63, 3.8) is 0 Å². The molecule has 4 rings (SSSR count). The van der Waals surface area contributed by atoms with Crippen molar-refractivity contribution in [1.29, 1.82) is 0 Å². The maximum Gasteiger partial charge on any atom is 2.00 e. The predicted octanol–water partition coefficient (Wildman–Crippen LogP) is 1.83. The number of hydrogen-bond donors (Lipinski definition) is 6. The number of rotatable bonds is 12. The Morgan fingerprint density at radius 2 is 1.14 bits per heavy atom. The van der Waals surface area contributed by atoms with Crippen molar-refractivity contribution >= 4 is 11.9 Å². The molecule has 4 aromatic rings. The van der Waals surface area contributed by atoms with Gasteiger partial charge in [-0.25, -0.2) is 34.2 Å². The molecule has 6 N–H and O–H groups in total. The van der Waals surface area contributed by atoms with E-state index in [1.807, 2.05) is 48.5 Å². The van der Waals surface area contributed by atoms with Gasteiger partial charge in [-0.1, -0.05) is 0 Å². The van der Waals surface area contributed by atoms with Crippen LogP contribution in [0.5, 0.6) is 0 Å². The van der Waals surface area contributed by atoms with Gasteiger partial charge in [0.2, 0.25) is 0 Å². The van der Waals surface area contributed by atoms with Gasteiger partial charge in [-0.15, -0.1) is 11.1 Å². The molecule has 2 atom stereocenters. The van der Waals surface area contributed by atoms with Crippen molar-refractivity contribution in [2.45, 2.75) is 38.0 Å². The summed E-state index contributed by atoms with van der Waals surface area (Å²) in [6.45, 7) is 1.09. The molecule has 2 aromatic carbocycles. The van der Waals surface area contributed by atoms with E-state index in [4.69, 9.17) is 10.2 Å². The van der Waals surface area contributed by atoms with Crippen LogP contribution in [0.1, 0.15) is 22.8 Å². The minimum Gasteiger partial charge on any atom is -0.480 e. The van der Waals surface area contributed by atoms with Crippen molar-refractivity contribution < 1.29 is 36.9 Å². The fraction of sp³-hybridized carbons (Fsp3) is 0.250. The molecule has 2 heterocycles. The number of nitrogens with one attached hydrogen (secondary N) is 4. The number of carboxylic acids is 2. The molecule has 0 bridgehead atoms. The van der Waals surface area contributed by atoms with Crippen LogP contribution in [0.3, 0.4) is 0 Å². The Morgan fingerprint density at radius 3 is 1.43 bits per heavy atom. The van der Waals surface area contributed by atoms with Crippen LogP contribution in [0.15, 0.2) is 73.3 Å². The van der Waals surface area contributed by atoms with Gasteiger partial charge in [-0.3, -0.25) is 9.59 Å². The van der Waals surface area contributed by atoms with E-state index in [1.54, 1.807) is 24.8 Å². The first kappa shape index (κ1) is 27.7. The number of aromatic nitrogens is 4. The normalized spacial score (nSPS) is 12.1. The maximum atomic E-state index is 11.1. The number of aromatic amines is 2.